The van der Waals surface area contributed by atoms with E-state index in [9.17, 15) is 5.11 Å². The highest BCUT2D eigenvalue weighted by molar-refractivity contribution is 6.31. The molecular weight excluding hydrogens is 464 g/mol. The van der Waals surface area contributed by atoms with Crippen molar-refractivity contribution in [2.45, 2.75) is 13.0 Å². The van der Waals surface area contributed by atoms with Gasteiger partial charge >= 0.3 is 0 Å². The second-order valence-corrected chi connectivity index (χ2v) is 8.56. The van der Waals surface area contributed by atoms with Gasteiger partial charge in [0.15, 0.2) is 5.65 Å². The van der Waals surface area contributed by atoms with E-state index in [0.717, 1.165) is 40.6 Å². The molecule has 4 heterocycles. The molecule has 4 aromatic rings. The van der Waals surface area contributed by atoms with Crippen LogP contribution in [0.15, 0.2) is 61.6 Å². The van der Waals surface area contributed by atoms with Gasteiger partial charge in [0.05, 0.1) is 24.3 Å². The minimum absolute atomic E-state index is 0.428. The molecule has 1 aliphatic rings. The van der Waals surface area contributed by atoms with Crippen molar-refractivity contribution in [3.05, 3.63) is 88.4 Å². The number of aliphatic hydroxyl groups is 1. The fourth-order valence-electron chi connectivity index (χ4n) is 4.25. The molecule has 0 aliphatic carbocycles. The van der Waals surface area contributed by atoms with Gasteiger partial charge in [0.1, 0.15) is 18.1 Å². The number of aliphatic hydroxyl groups excluding tert-OH is 1. The lowest BCUT2D eigenvalue weighted by Gasteiger charge is -2.28. The van der Waals surface area contributed by atoms with Crippen LogP contribution in [-0.4, -0.2) is 60.6 Å². The number of hydrogen-bond donors (Lipinski definition) is 1. The maximum atomic E-state index is 11.2. The maximum Gasteiger partial charge on any atom is 0.161 e. The molecule has 0 bridgehead atoms. The van der Waals surface area contributed by atoms with Crippen molar-refractivity contribution < 1.29 is 9.84 Å². The summed E-state index contributed by atoms with van der Waals surface area (Å²) in [7, 11) is 0. The highest BCUT2D eigenvalue weighted by atomic mass is 35.5. The van der Waals surface area contributed by atoms with Crippen LogP contribution < -0.4 is 10.6 Å². The number of nitrogens with zero attached hydrogens (tertiary/aromatic N) is 6. The smallest absolute Gasteiger partial charge is 0.161 e. The van der Waals surface area contributed by atoms with E-state index in [2.05, 4.69) is 31.4 Å². The monoisotopic (exact) mass is 488 g/mol. The van der Waals surface area contributed by atoms with E-state index in [0.29, 0.717) is 35.1 Å². The number of halogens is 1. The molecule has 1 N–H and O–H groups in total. The first-order chi connectivity index (χ1) is 17.1. The SMILES string of the molecule is C=C(/C=c1/ncnc(-c2ccc(Cl)c(C(O)c3nccn4ccnc34)c2)/c1=C/C)N1CCOCC1. The van der Waals surface area contributed by atoms with Crippen LogP contribution in [0.25, 0.3) is 29.1 Å². The number of benzene rings is 1. The fourth-order valence-corrected chi connectivity index (χ4v) is 4.48. The molecule has 35 heavy (non-hydrogen) atoms. The van der Waals surface area contributed by atoms with Gasteiger partial charge in [-0.25, -0.2) is 15.0 Å². The summed E-state index contributed by atoms with van der Waals surface area (Å²) in [5.41, 5.74) is 3.95. The molecule has 1 aromatic carbocycles. The minimum Gasteiger partial charge on any atom is -0.382 e. The Balaban J connectivity index is 1.57. The summed E-state index contributed by atoms with van der Waals surface area (Å²) in [6, 6.07) is 5.49. The Morgan fingerprint density at radius 3 is 2.69 bits per heavy atom. The Kier molecular flexibility index (Phi) is 6.59. The Labute approximate surface area is 207 Å². The normalized spacial score (nSPS) is 16.1. The zero-order valence-electron chi connectivity index (χ0n) is 19.3. The molecule has 1 saturated heterocycles. The minimum atomic E-state index is -1.06. The van der Waals surface area contributed by atoms with E-state index in [1.807, 2.05) is 31.2 Å². The number of morpholine rings is 1. The standard InChI is InChI=1S/C26H25ClN6O2/c1-3-19-22(14-17(2)32-10-12-35-13-11-32)30-16-31-23(19)18-4-5-21(27)20(15-18)25(34)24-26-29-7-9-33(26)8-6-28-24/h3-9,14-16,25,34H,2,10-13H2,1H3/b19-3+,22-14+. The molecule has 0 amide bonds. The van der Waals surface area contributed by atoms with Gasteiger partial charge in [-0.1, -0.05) is 30.3 Å². The molecule has 8 nitrogen and oxygen atoms in total. The summed E-state index contributed by atoms with van der Waals surface area (Å²) in [6.07, 6.45) is 11.3. The zero-order valence-corrected chi connectivity index (χ0v) is 20.1. The first-order valence-corrected chi connectivity index (χ1v) is 11.7. The molecule has 178 valence electrons. The quantitative estimate of drug-likeness (QED) is 0.461. The number of ether oxygens (including phenoxy) is 1. The van der Waals surface area contributed by atoms with Crippen LogP contribution >= 0.6 is 11.6 Å². The highest BCUT2D eigenvalue weighted by Crippen LogP contribution is 2.31. The second-order valence-electron chi connectivity index (χ2n) is 8.15. The van der Waals surface area contributed by atoms with Crippen molar-refractivity contribution in [3.8, 4) is 11.3 Å². The maximum absolute atomic E-state index is 11.2. The lowest BCUT2D eigenvalue weighted by atomic mass is 10.0. The van der Waals surface area contributed by atoms with E-state index in [1.54, 1.807) is 35.3 Å². The van der Waals surface area contributed by atoms with Gasteiger partial charge < -0.3 is 19.1 Å². The van der Waals surface area contributed by atoms with Crippen LogP contribution in [0.3, 0.4) is 0 Å². The number of rotatable bonds is 5. The van der Waals surface area contributed by atoms with Crippen molar-refractivity contribution in [2.75, 3.05) is 26.3 Å². The Hall–Kier alpha value is -3.59. The first-order valence-electron chi connectivity index (χ1n) is 11.3. The summed E-state index contributed by atoms with van der Waals surface area (Å²) >= 11 is 6.52. The largest absolute Gasteiger partial charge is 0.382 e. The van der Waals surface area contributed by atoms with Gasteiger partial charge in [-0.3, -0.25) is 4.98 Å². The van der Waals surface area contributed by atoms with Crippen molar-refractivity contribution in [3.63, 3.8) is 0 Å². The van der Waals surface area contributed by atoms with Gasteiger partial charge in [-0.2, -0.15) is 0 Å². The molecule has 1 fully saturated rings. The predicted octanol–water partition coefficient (Wildman–Crippen LogP) is 2.35. The molecule has 3 aromatic heterocycles. The lowest BCUT2D eigenvalue weighted by molar-refractivity contribution is 0.0564. The zero-order chi connectivity index (χ0) is 24.4. The van der Waals surface area contributed by atoms with E-state index in [-0.39, 0.29) is 0 Å². The average molecular weight is 489 g/mol. The van der Waals surface area contributed by atoms with Gasteiger partial charge in [0.2, 0.25) is 0 Å². The van der Waals surface area contributed by atoms with Crippen molar-refractivity contribution >= 4 is 29.4 Å². The molecule has 1 unspecified atom stereocenters. The fraction of sp³-hybridized carbons (Fsp3) is 0.231. The van der Waals surface area contributed by atoms with Gasteiger partial charge in [0, 0.05) is 64.9 Å². The van der Waals surface area contributed by atoms with Gasteiger partial charge in [0.25, 0.3) is 0 Å². The van der Waals surface area contributed by atoms with E-state index >= 15 is 0 Å². The highest BCUT2D eigenvalue weighted by Gasteiger charge is 2.20. The lowest BCUT2D eigenvalue weighted by Crippen LogP contribution is -2.37. The molecule has 9 heteroatoms. The molecular formula is C26H25ClN6O2. The van der Waals surface area contributed by atoms with E-state index in [4.69, 9.17) is 16.3 Å². The second kappa shape index (κ2) is 9.95. The van der Waals surface area contributed by atoms with Gasteiger partial charge in [-0.05, 0) is 25.1 Å². The van der Waals surface area contributed by atoms with Crippen molar-refractivity contribution in [1.29, 1.82) is 0 Å². The van der Waals surface area contributed by atoms with E-state index in [1.165, 1.54) is 6.33 Å². The van der Waals surface area contributed by atoms with Crippen LogP contribution in [0.4, 0.5) is 0 Å². The van der Waals surface area contributed by atoms with E-state index < -0.39 is 6.10 Å². The molecule has 1 aliphatic heterocycles. The van der Waals surface area contributed by atoms with Crippen molar-refractivity contribution in [1.82, 2.24) is 29.2 Å². The Bertz CT molecular complexity index is 1510. The van der Waals surface area contributed by atoms with Crippen LogP contribution in [-0.2, 0) is 4.74 Å². The number of fused-ring (bicyclic) bond motifs is 1. The topological polar surface area (TPSA) is 88.7 Å². The first kappa shape index (κ1) is 23.2. The summed E-state index contributed by atoms with van der Waals surface area (Å²) < 4.78 is 7.25. The number of hydrogen-bond acceptors (Lipinski definition) is 7. The third-order valence-electron chi connectivity index (χ3n) is 6.09. The van der Waals surface area contributed by atoms with Crippen LogP contribution in [0.1, 0.15) is 24.3 Å². The summed E-state index contributed by atoms with van der Waals surface area (Å²) in [4.78, 5) is 20.0. The van der Waals surface area contributed by atoms with Crippen LogP contribution in [0.2, 0.25) is 5.02 Å². The molecule has 0 radical (unpaired) electrons. The molecule has 0 spiro atoms. The Morgan fingerprint density at radius 1 is 1.14 bits per heavy atom. The summed E-state index contributed by atoms with van der Waals surface area (Å²) in [5, 5.41) is 13.3. The summed E-state index contributed by atoms with van der Waals surface area (Å²) in [5.74, 6) is 0. The number of allylic oxidation sites excluding steroid dienone is 1. The molecule has 1 atom stereocenters. The predicted molar refractivity (Wildman–Crippen MR) is 135 cm³/mol. The molecule has 0 saturated carbocycles. The van der Waals surface area contributed by atoms with Crippen LogP contribution in [0.5, 0.6) is 0 Å². The van der Waals surface area contributed by atoms with Crippen LogP contribution in [0, 0.1) is 0 Å². The van der Waals surface area contributed by atoms with Gasteiger partial charge in [-0.15, -0.1) is 0 Å². The van der Waals surface area contributed by atoms with Crippen molar-refractivity contribution in [2.24, 2.45) is 0 Å². The summed E-state index contributed by atoms with van der Waals surface area (Å²) in [6.45, 7) is 9.15. The number of imidazole rings is 1. The average Bonchev–Trinajstić information content (AvgIpc) is 3.38. The third kappa shape index (κ3) is 4.55. The molecule has 5 rings (SSSR count). The Morgan fingerprint density at radius 2 is 1.91 bits per heavy atom. The third-order valence-corrected chi connectivity index (χ3v) is 6.43. The number of aromatic nitrogens is 5.